The van der Waals surface area contributed by atoms with Crippen molar-refractivity contribution in [3.63, 3.8) is 0 Å². The Bertz CT molecular complexity index is 322. The average molecular weight is 251 g/mol. The molecular weight excluding hydrogens is 226 g/mol. The molecule has 102 valence electrons. The first-order valence-corrected chi connectivity index (χ1v) is 6.71. The van der Waals surface area contributed by atoms with Crippen LogP contribution in [-0.2, 0) is 4.74 Å². The van der Waals surface area contributed by atoms with Crippen molar-refractivity contribution < 1.29 is 4.74 Å². The van der Waals surface area contributed by atoms with Crippen LogP contribution in [-0.4, -0.2) is 37.8 Å². The van der Waals surface area contributed by atoms with Crippen molar-refractivity contribution in [2.45, 2.75) is 33.2 Å². The summed E-state index contributed by atoms with van der Waals surface area (Å²) in [6, 6.07) is 4.49. The minimum Gasteiger partial charge on any atom is -0.383 e. The molecule has 1 atom stereocenters. The lowest BCUT2D eigenvalue weighted by Gasteiger charge is -2.21. The Balaban J connectivity index is 2.64. The van der Waals surface area contributed by atoms with Gasteiger partial charge < -0.3 is 15.0 Å². The van der Waals surface area contributed by atoms with Crippen LogP contribution in [0.3, 0.4) is 0 Å². The van der Waals surface area contributed by atoms with Gasteiger partial charge in [-0.15, -0.1) is 0 Å². The first kappa shape index (κ1) is 14.8. The Morgan fingerprint density at radius 3 is 2.44 bits per heavy atom. The average Bonchev–Trinajstić information content (AvgIpc) is 2.41. The minimum atomic E-state index is 0.344. The lowest BCUT2D eigenvalue weighted by atomic mass is 10.2. The zero-order valence-corrected chi connectivity index (χ0v) is 11.9. The number of ether oxygens (including phenoxy) is 1. The maximum absolute atomic E-state index is 5.17. The van der Waals surface area contributed by atoms with Gasteiger partial charge in [0.15, 0.2) is 0 Å². The molecule has 1 aromatic heterocycles. The maximum atomic E-state index is 5.17. The summed E-state index contributed by atoms with van der Waals surface area (Å²) in [5, 5.41) is 3.43. The highest BCUT2D eigenvalue weighted by Gasteiger charge is 2.07. The van der Waals surface area contributed by atoms with Crippen molar-refractivity contribution >= 4 is 11.5 Å². The molecule has 18 heavy (non-hydrogen) atoms. The van der Waals surface area contributed by atoms with Crippen molar-refractivity contribution in [2.24, 2.45) is 0 Å². The number of hydrogen-bond acceptors (Lipinski definition) is 4. The number of aromatic nitrogens is 1. The van der Waals surface area contributed by atoms with Crippen molar-refractivity contribution in [1.82, 2.24) is 4.98 Å². The summed E-state index contributed by atoms with van der Waals surface area (Å²) in [5.74, 6) is 1.03. The Morgan fingerprint density at radius 1 is 1.28 bits per heavy atom. The molecule has 0 radical (unpaired) electrons. The zero-order valence-electron chi connectivity index (χ0n) is 11.9. The number of methoxy groups -OCH3 is 1. The van der Waals surface area contributed by atoms with Crippen LogP contribution in [0.4, 0.5) is 11.5 Å². The van der Waals surface area contributed by atoms with Crippen molar-refractivity contribution in [1.29, 1.82) is 0 Å². The van der Waals surface area contributed by atoms with Crippen LogP contribution in [0.2, 0.25) is 0 Å². The molecule has 1 heterocycles. The molecule has 0 aromatic carbocycles. The van der Waals surface area contributed by atoms with Gasteiger partial charge in [-0.2, -0.15) is 0 Å². The van der Waals surface area contributed by atoms with Gasteiger partial charge in [0, 0.05) is 26.2 Å². The highest BCUT2D eigenvalue weighted by atomic mass is 16.5. The lowest BCUT2D eigenvalue weighted by Crippen LogP contribution is -2.25. The van der Waals surface area contributed by atoms with E-state index in [9.17, 15) is 0 Å². The van der Waals surface area contributed by atoms with Crippen molar-refractivity contribution in [3.8, 4) is 0 Å². The highest BCUT2D eigenvalue weighted by molar-refractivity contribution is 5.49. The van der Waals surface area contributed by atoms with Gasteiger partial charge in [0.1, 0.15) is 5.82 Å². The summed E-state index contributed by atoms with van der Waals surface area (Å²) >= 11 is 0. The largest absolute Gasteiger partial charge is 0.383 e. The molecule has 0 amide bonds. The van der Waals surface area contributed by atoms with Gasteiger partial charge in [-0.1, -0.05) is 6.92 Å². The molecule has 4 nitrogen and oxygen atoms in total. The van der Waals surface area contributed by atoms with Gasteiger partial charge in [-0.25, -0.2) is 4.98 Å². The third-order valence-corrected chi connectivity index (χ3v) is 3.07. The van der Waals surface area contributed by atoms with Crippen LogP contribution in [0, 0.1) is 0 Å². The molecule has 1 aromatic rings. The molecule has 0 fully saturated rings. The van der Waals surface area contributed by atoms with Gasteiger partial charge in [0.05, 0.1) is 18.5 Å². The SMILES string of the molecule is CCC(COC)Nc1ccc(N(CC)CC)nc1. The number of pyridine rings is 1. The van der Waals surface area contributed by atoms with Crippen molar-refractivity contribution in [2.75, 3.05) is 37.0 Å². The second-order valence-corrected chi connectivity index (χ2v) is 4.28. The maximum Gasteiger partial charge on any atom is 0.128 e. The third-order valence-electron chi connectivity index (χ3n) is 3.07. The van der Waals surface area contributed by atoms with Crippen LogP contribution in [0.5, 0.6) is 0 Å². The summed E-state index contributed by atoms with van der Waals surface area (Å²) in [6.45, 7) is 9.11. The molecule has 1 N–H and O–H groups in total. The van der Waals surface area contributed by atoms with E-state index in [-0.39, 0.29) is 0 Å². The zero-order chi connectivity index (χ0) is 13.4. The first-order chi connectivity index (χ1) is 8.74. The molecule has 0 saturated carbocycles. The minimum absolute atomic E-state index is 0.344. The Morgan fingerprint density at radius 2 is 2.00 bits per heavy atom. The molecule has 0 aliphatic carbocycles. The fourth-order valence-electron chi connectivity index (χ4n) is 1.90. The summed E-state index contributed by atoms with van der Waals surface area (Å²) in [4.78, 5) is 6.72. The first-order valence-electron chi connectivity index (χ1n) is 6.71. The molecule has 0 spiro atoms. The second kappa shape index (κ2) is 7.93. The van der Waals surface area contributed by atoms with E-state index < -0.39 is 0 Å². The van der Waals surface area contributed by atoms with Gasteiger partial charge in [-0.05, 0) is 32.4 Å². The van der Waals surface area contributed by atoms with E-state index >= 15 is 0 Å². The monoisotopic (exact) mass is 251 g/mol. The van der Waals surface area contributed by atoms with E-state index in [0.717, 1.165) is 31.0 Å². The topological polar surface area (TPSA) is 37.4 Å². The smallest absolute Gasteiger partial charge is 0.128 e. The fourth-order valence-corrected chi connectivity index (χ4v) is 1.90. The molecule has 0 saturated heterocycles. The predicted molar refractivity (Wildman–Crippen MR) is 77.4 cm³/mol. The number of hydrogen-bond donors (Lipinski definition) is 1. The van der Waals surface area contributed by atoms with Gasteiger partial charge in [0.25, 0.3) is 0 Å². The summed E-state index contributed by atoms with van der Waals surface area (Å²) in [7, 11) is 1.73. The van der Waals surface area contributed by atoms with Gasteiger partial charge in [0.2, 0.25) is 0 Å². The standard InChI is InChI=1S/C14H25N3O/c1-5-12(11-18-4)16-13-8-9-14(15-10-13)17(6-2)7-3/h8-10,12,16H,5-7,11H2,1-4H3. The van der Waals surface area contributed by atoms with Crippen molar-refractivity contribution in [3.05, 3.63) is 18.3 Å². The van der Waals surface area contributed by atoms with Crippen LogP contribution >= 0.6 is 0 Å². The normalized spacial score (nSPS) is 12.2. The predicted octanol–water partition coefficient (Wildman–Crippen LogP) is 2.76. The highest BCUT2D eigenvalue weighted by Crippen LogP contribution is 2.15. The van der Waals surface area contributed by atoms with E-state index in [0.29, 0.717) is 12.6 Å². The fraction of sp³-hybridized carbons (Fsp3) is 0.643. The molecule has 0 aliphatic heterocycles. The van der Waals surface area contributed by atoms with E-state index in [2.05, 4.69) is 48.1 Å². The quantitative estimate of drug-likeness (QED) is 0.771. The Labute approximate surface area is 110 Å². The second-order valence-electron chi connectivity index (χ2n) is 4.28. The van der Waals surface area contributed by atoms with Crippen LogP contribution in [0.1, 0.15) is 27.2 Å². The van der Waals surface area contributed by atoms with Crippen LogP contribution < -0.4 is 10.2 Å². The molecule has 0 aliphatic rings. The molecular formula is C14H25N3O. The Hall–Kier alpha value is -1.29. The Kier molecular flexibility index (Phi) is 6.50. The summed E-state index contributed by atoms with van der Waals surface area (Å²) in [6.07, 6.45) is 2.93. The lowest BCUT2D eigenvalue weighted by molar-refractivity contribution is 0.184. The van der Waals surface area contributed by atoms with E-state index in [1.54, 1.807) is 7.11 Å². The molecule has 1 rings (SSSR count). The third kappa shape index (κ3) is 4.18. The van der Waals surface area contributed by atoms with Gasteiger partial charge in [-0.3, -0.25) is 0 Å². The molecule has 4 heteroatoms. The van der Waals surface area contributed by atoms with Crippen LogP contribution in [0.15, 0.2) is 18.3 Å². The molecule has 0 bridgehead atoms. The van der Waals surface area contributed by atoms with Gasteiger partial charge >= 0.3 is 0 Å². The summed E-state index contributed by atoms with van der Waals surface area (Å²) in [5.41, 5.74) is 1.05. The number of nitrogens with zero attached hydrogens (tertiary/aromatic N) is 2. The van der Waals surface area contributed by atoms with Crippen LogP contribution in [0.25, 0.3) is 0 Å². The number of rotatable bonds is 8. The van der Waals surface area contributed by atoms with E-state index in [4.69, 9.17) is 4.74 Å². The number of anilines is 2. The number of nitrogens with one attached hydrogen (secondary N) is 1. The molecule has 1 unspecified atom stereocenters. The van der Waals surface area contributed by atoms with E-state index in [1.807, 2.05) is 6.20 Å². The van der Waals surface area contributed by atoms with E-state index in [1.165, 1.54) is 0 Å². The summed E-state index contributed by atoms with van der Waals surface area (Å²) < 4.78 is 5.17.